The van der Waals surface area contributed by atoms with E-state index in [1.54, 1.807) is 6.07 Å². The molecule has 0 saturated carbocycles. The lowest BCUT2D eigenvalue weighted by atomic mass is 9.92. The molecule has 5 nitrogen and oxygen atoms in total. The van der Waals surface area contributed by atoms with Gasteiger partial charge in [-0.25, -0.2) is 0 Å². The summed E-state index contributed by atoms with van der Waals surface area (Å²) in [4.78, 5) is 12.0. The Balaban J connectivity index is 1.86. The highest BCUT2D eigenvalue weighted by molar-refractivity contribution is 6.30. The minimum atomic E-state index is -0.129. The lowest BCUT2D eigenvalue weighted by Crippen LogP contribution is -2.86. The summed E-state index contributed by atoms with van der Waals surface area (Å²) >= 11 is 5.99. The molecular weight excluding hydrogens is 314 g/mol. The van der Waals surface area contributed by atoms with E-state index < -0.39 is 0 Å². The highest BCUT2D eigenvalue weighted by atomic mass is 35.5. The lowest BCUT2D eigenvalue weighted by Gasteiger charge is -2.12. The largest absolute Gasteiger partial charge is 0.338 e. The highest BCUT2D eigenvalue weighted by Crippen LogP contribution is 2.23. The number of nitrogens with one attached hydrogen (secondary N) is 1. The van der Waals surface area contributed by atoms with Crippen molar-refractivity contribution in [3.63, 3.8) is 0 Å². The number of amides is 1. The van der Waals surface area contributed by atoms with E-state index in [0.29, 0.717) is 17.5 Å². The predicted molar refractivity (Wildman–Crippen MR) is 90.5 cm³/mol. The van der Waals surface area contributed by atoms with Gasteiger partial charge in [-0.15, -0.1) is 0 Å². The van der Waals surface area contributed by atoms with E-state index >= 15 is 0 Å². The standard InChI is InChI=1S/C17H22ClN3O2/c1-11(12-6-5-7-13(18)8-12)19-10-15(22)20-16-9-14(21-23-16)17(2,3)4/h5-9,11,19H,10H2,1-4H3,(H,20,22)/p+1/t11-/m0/s1. The first-order valence-corrected chi connectivity index (χ1v) is 7.99. The van der Waals surface area contributed by atoms with Crippen molar-refractivity contribution in [2.24, 2.45) is 0 Å². The Bertz CT molecular complexity index is 676. The number of carbonyl (C=O) groups is 1. The van der Waals surface area contributed by atoms with Gasteiger partial charge in [0, 0.05) is 22.1 Å². The molecule has 1 heterocycles. The number of halogens is 1. The maximum absolute atomic E-state index is 12.0. The third-order valence-electron chi connectivity index (χ3n) is 3.57. The fraction of sp³-hybridized carbons (Fsp3) is 0.412. The molecule has 0 fully saturated rings. The summed E-state index contributed by atoms with van der Waals surface area (Å²) < 4.78 is 5.16. The van der Waals surface area contributed by atoms with Crippen molar-refractivity contribution in [3.8, 4) is 0 Å². The molecule has 0 unspecified atom stereocenters. The monoisotopic (exact) mass is 336 g/mol. The molecule has 124 valence electrons. The smallest absolute Gasteiger partial charge is 0.281 e. The summed E-state index contributed by atoms with van der Waals surface area (Å²) in [6, 6.07) is 9.55. The van der Waals surface area contributed by atoms with Crippen LogP contribution in [0.5, 0.6) is 0 Å². The van der Waals surface area contributed by atoms with Crippen LogP contribution in [0, 0.1) is 0 Å². The van der Waals surface area contributed by atoms with Crippen LogP contribution in [-0.2, 0) is 10.2 Å². The summed E-state index contributed by atoms with van der Waals surface area (Å²) in [5, 5.41) is 9.35. The van der Waals surface area contributed by atoms with Crippen molar-refractivity contribution in [3.05, 3.63) is 46.6 Å². The van der Waals surface area contributed by atoms with E-state index in [4.69, 9.17) is 16.1 Å². The van der Waals surface area contributed by atoms with Crippen LogP contribution < -0.4 is 10.6 Å². The van der Waals surface area contributed by atoms with E-state index in [1.807, 2.05) is 57.3 Å². The molecule has 0 radical (unpaired) electrons. The number of carbonyl (C=O) groups excluding carboxylic acids is 1. The van der Waals surface area contributed by atoms with E-state index in [-0.39, 0.29) is 17.4 Å². The maximum atomic E-state index is 12.0. The molecule has 6 heteroatoms. The molecule has 3 N–H and O–H groups in total. The van der Waals surface area contributed by atoms with Crippen LogP contribution in [0.1, 0.15) is 45.0 Å². The maximum Gasteiger partial charge on any atom is 0.281 e. The van der Waals surface area contributed by atoms with Crippen LogP contribution in [0.4, 0.5) is 5.88 Å². The summed E-state index contributed by atoms with van der Waals surface area (Å²) in [5.74, 6) is 0.249. The molecule has 1 aromatic heterocycles. The number of anilines is 1. The Morgan fingerprint density at radius 2 is 2.13 bits per heavy atom. The average Bonchev–Trinajstić information content (AvgIpc) is 2.93. The SMILES string of the molecule is C[C@H]([NH2+]CC(=O)Nc1cc(C(C)(C)C)no1)c1cccc(Cl)c1. The van der Waals surface area contributed by atoms with Crippen LogP contribution in [0.2, 0.25) is 5.02 Å². The first-order chi connectivity index (χ1) is 10.8. The van der Waals surface area contributed by atoms with E-state index in [1.165, 1.54) is 0 Å². The van der Waals surface area contributed by atoms with E-state index in [2.05, 4.69) is 10.5 Å². The number of hydrogen-bond donors (Lipinski definition) is 2. The Morgan fingerprint density at radius 1 is 1.39 bits per heavy atom. The fourth-order valence-electron chi connectivity index (χ4n) is 2.09. The van der Waals surface area contributed by atoms with Gasteiger partial charge < -0.3 is 9.84 Å². The second-order valence-corrected chi connectivity index (χ2v) is 7.09. The van der Waals surface area contributed by atoms with Crippen molar-refractivity contribution in [2.75, 3.05) is 11.9 Å². The Labute approximate surface area is 141 Å². The van der Waals surface area contributed by atoms with Gasteiger partial charge in [0.2, 0.25) is 5.88 Å². The predicted octanol–water partition coefficient (Wildman–Crippen LogP) is 2.89. The minimum absolute atomic E-state index is 0.111. The number of nitrogens with two attached hydrogens (primary N) is 1. The topological polar surface area (TPSA) is 71.7 Å². The number of rotatable bonds is 5. The minimum Gasteiger partial charge on any atom is -0.338 e. The number of quaternary nitrogens is 1. The summed E-state index contributed by atoms with van der Waals surface area (Å²) in [6.07, 6.45) is 0. The van der Waals surface area contributed by atoms with Gasteiger partial charge in [0.15, 0.2) is 6.54 Å². The number of benzene rings is 1. The van der Waals surface area contributed by atoms with Crippen LogP contribution in [0.15, 0.2) is 34.9 Å². The zero-order chi connectivity index (χ0) is 17.0. The van der Waals surface area contributed by atoms with Crippen LogP contribution in [-0.4, -0.2) is 17.6 Å². The number of nitrogens with zero attached hydrogens (tertiary/aromatic N) is 1. The van der Waals surface area contributed by atoms with E-state index in [0.717, 1.165) is 11.3 Å². The van der Waals surface area contributed by atoms with Gasteiger partial charge in [0.05, 0.1) is 5.69 Å². The molecule has 2 aromatic rings. The zero-order valence-corrected chi connectivity index (χ0v) is 14.6. The molecule has 1 aromatic carbocycles. The van der Waals surface area contributed by atoms with Crippen molar-refractivity contribution in [1.82, 2.24) is 5.16 Å². The number of aromatic nitrogens is 1. The van der Waals surface area contributed by atoms with Gasteiger partial charge in [0.1, 0.15) is 6.04 Å². The Morgan fingerprint density at radius 3 is 2.74 bits per heavy atom. The second-order valence-electron chi connectivity index (χ2n) is 6.66. The molecule has 0 bridgehead atoms. The lowest BCUT2D eigenvalue weighted by molar-refractivity contribution is -0.682. The average molecular weight is 337 g/mol. The van der Waals surface area contributed by atoms with Gasteiger partial charge in [-0.1, -0.05) is 49.7 Å². The molecule has 1 amide bonds. The third kappa shape index (κ3) is 5.08. The molecule has 0 aliphatic rings. The molecule has 0 spiro atoms. The Hall–Kier alpha value is -1.85. The van der Waals surface area contributed by atoms with Crippen LogP contribution in [0.3, 0.4) is 0 Å². The zero-order valence-electron chi connectivity index (χ0n) is 13.9. The number of hydrogen-bond acceptors (Lipinski definition) is 3. The van der Waals surface area contributed by atoms with Gasteiger partial charge in [0.25, 0.3) is 5.91 Å². The molecule has 23 heavy (non-hydrogen) atoms. The van der Waals surface area contributed by atoms with Crippen molar-refractivity contribution in [2.45, 2.75) is 39.2 Å². The molecule has 2 rings (SSSR count). The van der Waals surface area contributed by atoms with Crippen LogP contribution in [0.25, 0.3) is 0 Å². The normalized spacial score (nSPS) is 12.9. The van der Waals surface area contributed by atoms with Crippen molar-refractivity contribution < 1.29 is 14.6 Å². The molecule has 1 atom stereocenters. The molecule has 0 saturated heterocycles. The second kappa shape index (κ2) is 7.15. The molecule has 0 aliphatic heterocycles. The summed E-state index contributed by atoms with van der Waals surface area (Å²) in [7, 11) is 0. The van der Waals surface area contributed by atoms with Gasteiger partial charge >= 0.3 is 0 Å². The van der Waals surface area contributed by atoms with Crippen molar-refractivity contribution in [1.29, 1.82) is 0 Å². The quantitative estimate of drug-likeness (QED) is 0.881. The molecular formula is C17H23ClN3O2+. The van der Waals surface area contributed by atoms with Gasteiger partial charge in [-0.05, 0) is 19.1 Å². The van der Waals surface area contributed by atoms with Crippen molar-refractivity contribution >= 4 is 23.4 Å². The molecule has 0 aliphatic carbocycles. The fourth-order valence-corrected chi connectivity index (χ4v) is 2.28. The van der Waals surface area contributed by atoms with Crippen LogP contribution >= 0.6 is 11.6 Å². The Kier molecular flexibility index (Phi) is 5.44. The highest BCUT2D eigenvalue weighted by Gasteiger charge is 2.20. The first-order valence-electron chi connectivity index (χ1n) is 7.61. The van der Waals surface area contributed by atoms with E-state index in [9.17, 15) is 4.79 Å². The summed E-state index contributed by atoms with van der Waals surface area (Å²) in [6.45, 7) is 8.44. The van der Waals surface area contributed by atoms with Gasteiger partial charge in [-0.3, -0.25) is 10.1 Å². The summed E-state index contributed by atoms with van der Waals surface area (Å²) in [5.41, 5.74) is 1.78. The first kappa shape index (κ1) is 17.5. The third-order valence-corrected chi connectivity index (χ3v) is 3.81. The van der Waals surface area contributed by atoms with Gasteiger partial charge in [-0.2, -0.15) is 0 Å².